The Balaban J connectivity index is 2.00. The molecule has 1 amide bonds. The number of hydrogen-bond donors (Lipinski definition) is 1. The highest BCUT2D eigenvalue weighted by molar-refractivity contribution is 6.52. The number of halogens is 1. The Kier molecular flexibility index (Phi) is 6.25. The van der Waals surface area contributed by atoms with E-state index in [9.17, 15) is 14.7 Å². The fraction of sp³-hybridized carbons (Fsp3) is 0.185. The number of rotatable bonds is 5. The van der Waals surface area contributed by atoms with Gasteiger partial charge in [0.25, 0.3) is 11.7 Å². The fourth-order valence-corrected chi connectivity index (χ4v) is 4.40. The molecule has 4 rings (SSSR count). The highest BCUT2D eigenvalue weighted by Crippen LogP contribution is 2.44. The number of amides is 1. The minimum Gasteiger partial charge on any atom is -0.507 e. The molecule has 33 heavy (non-hydrogen) atoms. The number of ether oxygens (including phenoxy) is 1. The van der Waals surface area contributed by atoms with E-state index in [4.69, 9.17) is 16.3 Å². The van der Waals surface area contributed by atoms with Gasteiger partial charge in [-0.2, -0.15) is 0 Å². The van der Waals surface area contributed by atoms with Gasteiger partial charge in [0.05, 0.1) is 23.2 Å². The molecule has 1 aliphatic rings. The third-order valence-corrected chi connectivity index (χ3v) is 6.14. The number of aliphatic hydroxyl groups excluding tert-OH is 1. The first-order valence-corrected chi connectivity index (χ1v) is 11.1. The van der Waals surface area contributed by atoms with E-state index in [1.54, 1.807) is 24.3 Å². The summed E-state index contributed by atoms with van der Waals surface area (Å²) in [6.45, 7) is 6.07. The molecule has 0 spiro atoms. The second-order valence-electron chi connectivity index (χ2n) is 7.89. The highest BCUT2D eigenvalue weighted by atomic mass is 35.5. The lowest BCUT2D eigenvalue weighted by Gasteiger charge is -2.28. The van der Waals surface area contributed by atoms with E-state index >= 15 is 0 Å². The molecule has 0 saturated carbocycles. The van der Waals surface area contributed by atoms with Crippen LogP contribution < -0.4 is 9.64 Å². The molecule has 1 fully saturated rings. The first kappa shape index (κ1) is 22.6. The van der Waals surface area contributed by atoms with E-state index in [0.29, 0.717) is 18.0 Å². The molecule has 1 saturated heterocycles. The predicted octanol–water partition coefficient (Wildman–Crippen LogP) is 5.98. The lowest BCUT2D eigenvalue weighted by Crippen LogP contribution is -2.30. The summed E-state index contributed by atoms with van der Waals surface area (Å²) in [7, 11) is 0. The van der Waals surface area contributed by atoms with Gasteiger partial charge in [0.2, 0.25) is 0 Å². The van der Waals surface area contributed by atoms with Gasteiger partial charge < -0.3 is 9.84 Å². The van der Waals surface area contributed by atoms with Crippen LogP contribution in [0, 0.1) is 13.8 Å². The first-order chi connectivity index (χ1) is 15.8. The number of nitrogens with zero attached hydrogens (tertiary/aromatic N) is 1. The molecule has 5 nitrogen and oxygen atoms in total. The van der Waals surface area contributed by atoms with Crippen molar-refractivity contribution in [2.75, 3.05) is 11.5 Å². The Morgan fingerprint density at radius 1 is 1.00 bits per heavy atom. The van der Waals surface area contributed by atoms with Crippen molar-refractivity contribution in [3.8, 4) is 5.75 Å². The number of hydrogen-bond acceptors (Lipinski definition) is 4. The SMILES string of the molecule is CCOc1ccc(Cl)c(/C(O)=C2\C(=O)C(=O)N(c3ccccc3C)C2c2ccccc2C)c1. The minimum atomic E-state index is -0.806. The summed E-state index contributed by atoms with van der Waals surface area (Å²) in [5.41, 5.74) is 3.33. The average molecular weight is 462 g/mol. The Morgan fingerprint density at radius 3 is 2.33 bits per heavy atom. The molecule has 1 N–H and O–H groups in total. The largest absolute Gasteiger partial charge is 0.507 e. The number of carbonyl (C=O) groups excluding carboxylic acids is 2. The third-order valence-electron chi connectivity index (χ3n) is 5.81. The molecule has 0 radical (unpaired) electrons. The molecular formula is C27H24ClNO4. The number of carbonyl (C=O) groups is 2. The quantitative estimate of drug-likeness (QED) is 0.288. The number of aliphatic hydroxyl groups is 1. The topological polar surface area (TPSA) is 66.8 Å². The van der Waals surface area contributed by atoms with E-state index in [2.05, 4.69) is 0 Å². The van der Waals surface area contributed by atoms with Crippen LogP contribution in [0.4, 0.5) is 5.69 Å². The van der Waals surface area contributed by atoms with Crippen molar-refractivity contribution < 1.29 is 19.4 Å². The predicted molar refractivity (Wildman–Crippen MR) is 130 cm³/mol. The van der Waals surface area contributed by atoms with Gasteiger partial charge in [0, 0.05) is 11.3 Å². The summed E-state index contributed by atoms with van der Waals surface area (Å²) in [5.74, 6) is -1.29. The number of aryl methyl sites for hydroxylation is 2. The monoisotopic (exact) mass is 461 g/mol. The van der Waals surface area contributed by atoms with Gasteiger partial charge in [-0.15, -0.1) is 0 Å². The fourth-order valence-electron chi connectivity index (χ4n) is 4.19. The molecule has 3 aromatic carbocycles. The van der Waals surface area contributed by atoms with Crippen molar-refractivity contribution in [1.29, 1.82) is 0 Å². The Hall–Kier alpha value is -3.57. The molecule has 3 aromatic rings. The van der Waals surface area contributed by atoms with Crippen LogP contribution in [0.5, 0.6) is 5.75 Å². The molecule has 1 unspecified atom stereocenters. The number of para-hydroxylation sites is 1. The van der Waals surface area contributed by atoms with Gasteiger partial charge in [0.1, 0.15) is 11.5 Å². The van der Waals surface area contributed by atoms with Crippen molar-refractivity contribution in [1.82, 2.24) is 0 Å². The maximum atomic E-state index is 13.3. The van der Waals surface area contributed by atoms with Gasteiger partial charge in [0.15, 0.2) is 0 Å². The molecule has 1 aliphatic heterocycles. The maximum absolute atomic E-state index is 13.3. The van der Waals surface area contributed by atoms with Gasteiger partial charge in [-0.25, -0.2) is 0 Å². The molecule has 6 heteroatoms. The van der Waals surface area contributed by atoms with Gasteiger partial charge >= 0.3 is 0 Å². The van der Waals surface area contributed by atoms with Crippen molar-refractivity contribution >= 4 is 34.7 Å². The summed E-state index contributed by atoms with van der Waals surface area (Å²) in [5, 5.41) is 11.6. The van der Waals surface area contributed by atoms with Crippen molar-refractivity contribution in [3.05, 3.63) is 99.6 Å². The molecule has 0 bridgehead atoms. The number of anilines is 1. The zero-order valence-corrected chi connectivity index (χ0v) is 19.4. The lowest BCUT2D eigenvalue weighted by atomic mass is 9.92. The van der Waals surface area contributed by atoms with Crippen molar-refractivity contribution in [2.45, 2.75) is 26.8 Å². The van der Waals surface area contributed by atoms with Gasteiger partial charge in [-0.1, -0.05) is 54.1 Å². The standard InChI is InChI=1S/C27H24ClNO4/c1-4-33-18-13-14-21(28)20(15-18)25(30)23-24(19-11-7-5-9-16(19)2)29(27(32)26(23)31)22-12-8-6-10-17(22)3/h5-15,24,30H,4H2,1-3H3/b25-23+. The van der Waals surface area contributed by atoms with E-state index < -0.39 is 17.7 Å². The normalized spacial score (nSPS) is 17.5. The van der Waals surface area contributed by atoms with Crippen LogP contribution in [-0.4, -0.2) is 23.4 Å². The Morgan fingerprint density at radius 2 is 1.67 bits per heavy atom. The third kappa shape index (κ3) is 4.00. The van der Waals surface area contributed by atoms with E-state index in [1.165, 1.54) is 4.90 Å². The zero-order chi connectivity index (χ0) is 23.7. The van der Waals surface area contributed by atoms with Crippen LogP contribution in [0.1, 0.15) is 35.2 Å². The number of ketones is 1. The van der Waals surface area contributed by atoms with Gasteiger partial charge in [-0.3, -0.25) is 14.5 Å². The van der Waals surface area contributed by atoms with Crippen molar-refractivity contribution in [3.63, 3.8) is 0 Å². The van der Waals surface area contributed by atoms with Crippen LogP contribution in [0.25, 0.3) is 5.76 Å². The number of benzene rings is 3. The summed E-state index contributed by atoms with van der Waals surface area (Å²) in [6.07, 6.45) is 0. The maximum Gasteiger partial charge on any atom is 0.300 e. The second kappa shape index (κ2) is 9.12. The first-order valence-electron chi connectivity index (χ1n) is 10.7. The van der Waals surface area contributed by atoms with Crippen molar-refractivity contribution in [2.24, 2.45) is 0 Å². The van der Waals surface area contributed by atoms with Crippen LogP contribution in [0.2, 0.25) is 5.02 Å². The Bertz CT molecular complexity index is 1280. The highest BCUT2D eigenvalue weighted by Gasteiger charge is 2.47. The van der Waals surface area contributed by atoms with E-state index in [-0.39, 0.29) is 21.9 Å². The second-order valence-corrected chi connectivity index (χ2v) is 8.29. The van der Waals surface area contributed by atoms with E-state index in [1.807, 2.05) is 63.2 Å². The summed E-state index contributed by atoms with van der Waals surface area (Å²) in [4.78, 5) is 28.1. The molecule has 168 valence electrons. The minimum absolute atomic E-state index is 0.00639. The zero-order valence-electron chi connectivity index (χ0n) is 18.6. The molecule has 0 aromatic heterocycles. The summed E-state index contributed by atoms with van der Waals surface area (Å²) >= 11 is 6.40. The molecule has 1 atom stereocenters. The van der Waals surface area contributed by atoms with E-state index in [0.717, 1.165) is 16.7 Å². The Labute approximate surface area is 197 Å². The van der Waals surface area contributed by atoms with Crippen LogP contribution in [0.3, 0.4) is 0 Å². The van der Waals surface area contributed by atoms with Gasteiger partial charge in [-0.05, 0) is 61.7 Å². The molecule has 1 heterocycles. The van der Waals surface area contributed by atoms with Crippen LogP contribution >= 0.6 is 11.6 Å². The number of Topliss-reactive ketones (excluding diaryl/α,β-unsaturated/α-hetero) is 1. The van der Waals surface area contributed by atoms with Crippen LogP contribution in [-0.2, 0) is 9.59 Å². The summed E-state index contributed by atoms with van der Waals surface area (Å²) < 4.78 is 5.54. The smallest absolute Gasteiger partial charge is 0.300 e. The summed E-state index contributed by atoms with van der Waals surface area (Å²) in [6, 6.07) is 18.9. The lowest BCUT2D eigenvalue weighted by molar-refractivity contribution is -0.132. The molecular weight excluding hydrogens is 438 g/mol. The average Bonchev–Trinajstić information content (AvgIpc) is 3.06. The van der Waals surface area contributed by atoms with Crippen LogP contribution in [0.15, 0.2) is 72.3 Å². The molecule has 0 aliphatic carbocycles.